The van der Waals surface area contributed by atoms with Crippen LogP contribution in [0.3, 0.4) is 0 Å². The van der Waals surface area contributed by atoms with E-state index in [2.05, 4.69) is 10.1 Å². The molecule has 4 nitrogen and oxygen atoms in total. The van der Waals surface area contributed by atoms with Crippen LogP contribution in [0.25, 0.3) is 11.1 Å². The molecule has 1 saturated heterocycles. The number of piperidine rings is 1. The van der Waals surface area contributed by atoms with E-state index < -0.39 is 6.36 Å². The molecule has 7 heteroatoms. The minimum Gasteiger partial charge on any atom is -0.489 e. The molecule has 33 heavy (non-hydrogen) atoms. The summed E-state index contributed by atoms with van der Waals surface area (Å²) in [5.74, 6) is 0.711. The van der Waals surface area contributed by atoms with Crippen LogP contribution in [0.1, 0.15) is 18.4 Å². The maximum Gasteiger partial charge on any atom is 0.573 e. The van der Waals surface area contributed by atoms with Gasteiger partial charge in [-0.25, -0.2) is 0 Å². The van der Waals surface area contributed by atoms with E-state index in [9.17, 15) is 13.2 Å². The molecule has 0 amide bonds. The Labute approximate surface area is 191 Å². The van der Waals surface area contributed by atoms with Crippen LogP contribution in [0.4, 0.5) is 13.2 Å². The first-order valence-electron chi connectivity index (χ1n) is 11.0. The lowest BCUT2D eigenvalue weighted by molar-refractivity contribution is -0.275. The summed E-state index contributed by atoms with van der Waals surface area (Å²) in [6.07, 6.45) is -2.94. The van der Waals surface area contributed by atoms with E-state index in [4.69, 9.17) is 9.47 Å². The Morgan fingerprint density at radius 1 is 0.788 bits per heavy atom. The molecule has 1 N–H and O–H groups in total. The van der Waals surface area contributed by atoms with E-state index in [0.29, 0.717) is 24.9 Å². The van der Waals surface area contributed by atoms with Gasteiger partial charge >= 0.3 is 6.36 Å². The first kappa shape index (κ1) is 23.0. The van der Waals surface area contributed by atoms with Crippen LogP contribution >= 0.6 is 0 Å². The van der Waals surface area contributed by atoms with E-state index in [-0.39, 0.29) is 11.5 Å². The molecule has 174 valence electrons. The molecule has 1 fully saturated rings. The molecule has 3 aromatic carbocycles. The summed E-state index contributed by atoms with van der Waals surface area (Å²) in [7, 11) is 0. The van der Waals surface area contributed by atoms with Crippen molar-refractivity contribution in [3.63, 3.8) is 0 Å². The third-order valence-electron chi connectivity index (χ3n) is 5.52. The molecule has 0 radical (unpaired) electrons. The van der Waals surface area contributed by atoms with Crippen molar-refractivity contribution in [3.8, 4) is 28.4 Å². The molecule has 1 heterocycles. The van der Waals surface area contributed by atoms with E-state index in [1.54, 1.807) is 12.1 Å². The van der Waals surface area contributed by atoms with Gasteiger partial charge in [-0.1, -0.05) is 48.5 Å². The van der Waals surface area contributed by atoms with Crippen molar-refractivity contribution in [2.45, 2.75) is 25.8 Å². The molecule has 0 bridgehead atoms. The Bertz CT molecular complexity index is 1030. The first-order valence-corrected chi connectivity index (χ1v) is 11.0. The Balaban J connectivity index is 1.52. The summed E-state index contributed by atoms with van der Waals surface area (Å²) >= 11 is 0. The molecule has 0 unspecified atom stereocenters. The highest BCUT2D eigenvalue weighted by atomic mass is 19.4. The Hall–Kier alpha value is -3.19. The van der Waals surface area contributed by atoms with Gasteiger partial charge in [-0.2, -0.15) is 0 Å². The van der Waals surface area contributed by atoms with Crippen molar-refractivity contribution in [1.29, 1.82) is 0 Å². The largest absolute Gasteiger partial charge is 0.573 e. The Morgan fingerprint density at radius 2 is 1.55 bits per heavy atom. The van der Waals surface area contributed by atoms with E-state index in [1.807, 2.05) is 54.6 Å². The summed E-state index contributed by atoms with van der Waals surface area (Å²) in [6.45, 7) is 2.54. The van der Waals surface area contributed by atoms with E-state index in [1.165, 1.54) is 6.07 Å². The van der Waals surface area contributed by atoms with Crippen molar-refractivity contribution in [1.82, 2.24) is 5.32 Å². The Morgan fingerprint density at radius 3 is 2.30 bits per heavy atom. The van der Waals surface area contributed by atoms with Gasteiger partial charge in [0, 0.05) is 0 Å². The molecular formula is C26H26F3NO3. The van der Waals surface area contributed by atoms with Crippen molar-refractivity contribution in [2.75, 3.05) is 19.7 Å². The minimum atomic E-state index is -4.79. The lowest BCUT2D eigenvalue weighted by atomic mass is 9.99. The van der Waals surface area contributed by atoms with Crippen LogP contribution in [-0.2, 0) is 6.61 Å². The Kier molecular flexibility index (Phi) is 7.40. The monoisotopic (exact) mass is 457 g/mol. The number of alkyl halides is 3. The number of hydrogen-bond donors (Lipinski definition) is 1. The predicted octanol–water partition coefficient (Wildman–Crippen LogP) is 6.21. The van der Waals surface area contributed by atoms with Crippen molar-refractivity contribution >= 4 is 0 Å². The van der Waals surface area contributed by atoms with Gasteiger partial charge in [0.15, 0.2) is 11.5 Å². The molecule has 4 rings (SSSR count). The second-order valence-electron chi connectivity index (χ2n) is 8.02. The SMILES string of the molecule is FC(F)(F)Oc1ccc(-c2cccc(OCc3ccccc3)c2)cc1OCC1CCNCC1. The molecule has 1 aliphatic rings. The zero-order valence-corrected chi connectivity index (χ0v) is 18.1. The van der Waals surface area contributed by atoms with Crippen LogP contribution in [0.15, 0.2) is 72.8 Å². The fraction of sp³-hybridized carbons (Fsp3) is 0.308. The maximum atomic E-state index is 12.9. The van der Waals surface area contributed by atoms with Crippen LogP contribution in [0, 0.1) is 5.92 Å². The first-order chi connectivity index (χ1) is 16.0. The van der Waals surface area contributed by atoms with Crippen LogP contribution in [-0.4, -0.2) is 26.1 Å². The van der Waals surface area contributed by atoms with Gasteiger partial charge in [-0.15, -0.1) is 13.2 Å². The lowest BCUT2D eigenvalue weighted by Crippen LogP contribution is -2.30. The molecule has 0 spiro atoms. The second-order valence-corrected chi connectivity index (χ2v) is 8.02. The van der Waals surface area contributed by atoms with Crippen LogP contribution in [0.5, 0.6) is 17.2 Å². The minimum absolute atomic E-state index is 0.0824. The summed E-state index contributed by atoms with van der Waals surface area (Å²) in [5.41, 5.74) is 2.57. The maximum absolute atomic E-state index is 12.9. The van der Waals surface area contributed by atoms with Gasteiger partial charge in [-0.3, -0.25) is 0 Å². The number of benzene rings is 3. The number of ether oxygens (including phenoxy) is 3. The average molecular weight is 457 g/mol. The summed E-state index contributed by atoms with van der Waals surface area (Å²) in [5, 5.41) is 3.27. The van der Waals surface area contributed by atoms with E-state index in [0.717, 1.165) is 42.6 Å². The van der Waals surface area contributed by atoms with E-state index >= 15 is 0 Å². The highest BCUT2D eigenvalue weighted by Gasteiger charge is 2.32. The fourth-order valence-corrected chi connectivity index (χ4v) is 3.77. The highest BCUT2D eigenvalue weighted by Crippen LogP contribution is 2.37. The quantitative estimate of drug-likeness (QED) is 0.437. The molecule has 0 saturated carbocycles. The number of rotatable bonds is 8. The van der Waals surface area contributed by atoms with Crippen LogP contribution < -0.4 is 19.5 Å². The van der Waals surface area contributed by atoms with Gasteiger partial charge in [0.2, 0.25) is 0 Å². The van der Waals surface area contributed by atoms with Gasteiger partial charge in [-0.05, 0) is 72.8 Å². The fourth-order valence-electron chi connectivity index (χ4n) is 3.77. The van der Waals surface area contributed by atoms with Crippen molar-refractivity contribution in [3.05, 3.63) is 78.4 Å². The third kappa shape index (κ3) is 6.89. The molecule has 0 aromatic heterocycles. The average Bonchev–Trinajstić information content (AvgIpc) is 2.83. The van der Waals surface area contributed by atoms with Gasteiger partial charge < -0.3 is 19.5 Å². The predicted molar refractivity (Wildman–Crippen MR) is 120 cm³/mol. The smallest absolute Gasteiger partial charge is 0.489 e. The van der Waals surface area contributed by atoms with Gasteiger partial charge in [0.1, 0.15) is 12.4 Å². The molecule has 3 aromatic rings. The number of nitrogens with one attached hydrogen (secondary N) is 1. The number of halogens is 3. The topological polar surface area (TPSA) is 39.7 Å². The molecule has 0 atom stereocenters. The zero-order valence-electron chi connectivity index (χ0n) is 18.1. The summed E-state index contributed by atoms with van der Waals surface area (Å²) < 4.78 is 54.7. The van der Waals surface area contributed by atoms with Gasteiger partial charge in [0.25, 0.3) is 0 Å². The van der Waals surface area contributed by atoms with Gasteiger partial charge in [0.05, 0.1) is 6.61 Å². The number of hydrogen-bond acceptors (Lipinski definition) is 4. The zero-order chi connectivity index (χ0) is 23.1. The highest BCUT2D eigenvalue weighted by molar-refractivity contribution is 5.68. The lowest BCUT2D eigenvalue weighted by Gasteiger charge is -2.23. The van der Waals surface area contributed by atoms with Crippen molar-refractivity contribution in [2.24, 2.45) is 5.92 Å². The molecule has 0 aliphatic carbocycles. The second kappa shape index (κ2) is 10.6. The third-order valence-corrected chi connectivity index (χ3v) is 5.52. The summed E-state index contributed by atoms with van der Waals surface area (Å²) in [6, 6.07) is 21.7. The van der Waals surface area contributed by atoms with Crippen LogP contribution in [0.2, 0.25) is 0 Å². The molecular weight excluding hydrogens is 431 g/mol. The standard InChI is InChI=1S/C26H26F3NO3/c27-26(28,29)33-24-10-9-22(16-25(24)32-18-20-11-13-30-14-12-20)21-7-4-8-23(15-21)31-17-19-5-2-1-3-6-19/h1-10,15-16,20,30H,11-14,17-18H2. The van der Waals surface area contributed by atoms with Crippen molar-refractivity contribution < 1.29 is 27.4 Å². The summed E-state index contributed by atoms with van der Waals surface area (Å²) in [4.78, 5) is 0. The molecule has 1 aliphatic heterocycles. The normalized spacial score (nSPS) is 14.6.